The fraction of sp³-hybridized carbons (Fsp3) is 0.517. The molecule has 2 aliphatic rings. The average molecular weight is 555 g/mol. The number of pyridine rings is 1. The van der Waals surface area contributed by atoms with Crippen LogP contribution in [0.3, 0.4) is 0 Å². The molecular weight excluding hydrogens is 515 g/mol. The highest BCUT2D eigenvalue weighted by atomic mass is 19.1. The third-order valence-electron chi connectivity index (χ3n) is 7.48. The quantitative estimate of drug-likeness (QED) is 0.472. The van der Waals surface area contributed by atoms with E-state index < -0.39 is 23.0 Å². The molecule has 0 bridgehead atoms. The van der Waals surface area contributed by atoms with Crippen molar-refractivity contribution in [3.8, 4) is 11.5 Å². The molecule has 0 atom stereocenters. The van der Waals surface area contributed by atoms with E-state index in [1.807, 2.05) is 20.8 Å². The Morgan fingerprint density at radius 3 is 2.38 bits per heavy atom. The number of aromatic nitrogens is 1. The van der Waals surface area contributed by atoms with Gasteiger partial charge in [0.25, 0.3) is 0 Å². The number of anilines is 2. The lowest BCUT2D eigenvalue weighted by atomic mass is 9.94. The second-order valence-electron chi connectivity index (χ2n) is 12.1. The Morgan fingerprint density at radius 1 is 1.15 bits per heavy atom. The summed E-state index contributed by atoms with van der Waals surface area (Å²) in [5.41, 5.74) is 3.95. The van der Waals surface area contributed by atoms with E-state index in [0.29, 0.717) is 24.4 Å². The van der Waals surface area contributed by atoms with Crippen molar-refractivity contribution in [1.29, 1.82) is 0 Å². The number of urea groups is 1. The molecule has 216 valence electrons. The summed E-state index contributed by atoms with van der Waals surface area (Å²) in [7, 11) is 3.85. The van der Waals surface area contributed by atoms with Crippen LogP contribution in [0.5, 0.6) is 11.5 Å². The summed E-state index contributed by atoms with van der Waals surface area (Å²) in [6, 6.07) is 7.26. The van der Waals surface area contributed by atoms with Gasteiger partial charge >= 0.3 is 6.03 Å². The fourth-order valence-corrected chi connectivity index (χ4v) is 4.88. The Labute approximate surface area is 234 Å². The van der Waals surface area contributed by atoms with E-state index in [1.165, 1.54) is 23.2 Å². The molecule has 2 heterocycles. The number of carbonyl (C=O) groups excluding carboxylic acids is 3. The third-order valence-corrected chi connectivity index (χ3v) is 7.48. The first kappa shape index (κ1) is 29.3. The van der Waals surface area contributed by atoms with Gasteiger partial charge in [-0.15, -0.1) is 0 Å². The molecule has 4 amide bonds. The fourth-order valence-electron chi connectivity index (χ4n) is 4.88. The molecule has 3 N–H and O–H groups in total. The lowest BCUT2D eigenvalue weighted by Crippen LogP contribution is -2.47. The maximum atomic E-state index is 15.4. The van der Waals surface area contributed by atoms with Gasteiger partial charge in [-0.05, 0) is 69.4 Å². The van der Waals surface area contributed by atoms with E-state index >= 15 is 4.39 Å². The Kier molecular flexibility index (Phi) is 8.34. The monoisotopic (exact) mass is 554 g/mol. The van der Waals surface area contributed by atoms with Gasteiger partial charge in [0, 0.05) is 38.0 Å². The molecular formula is C29H39FN6O4. The Balaban J connectivity index is 1.47. The lowest BCUT2D eigenvalue weighted by Gasteiger charge is -2.34. The first-order valence-corrected chi connectivity index (χ1v) is 13.6. The number of piperidine rings is 1. The standard InChI is InChI=1S/C29H39FN6O4/c1-28(2,3)18-36(26(38)29(11-12-29)25(31)37)23-7-6-20(16-22(23)30)40-21-8-13-32-24(17-21)33-27(39)35(5)19-9-14-34(4)15-10-19/h6-8,13,16-17,19H,9-12,14-15,18H2,1-5H3,(H2,31,37)(H,32,33,39). The van der Waals surface area contributed by atoms with E-state index in [9.17, 15) is 14.4 Å². The molecule has 0 unspecified atom stereocenters. The highest BCUT2D eigenvalue weighted by Gasteiger charge is 2.57. The Morgan fingerprint density at radius 2 is 1.80 bits per heavy atom. The summed E-state index contributed by atoms with van der Waals surface area (Å²) >= 11 is 0. The molecule has 10 nitrogen and oxygen atoms in total. The molecule has 11 heteroatoms. The zero-order valence-corrected chi connectivity index (χ0v) is 23.9. The van der Waals surface area contributed by atoms with Crippen LogP contribution in [0.2, 0.25) is 0 Å². The molecule has 0 spiro atoms. The van der Waals surface area contributed by atoms with Gasteiger partial charge in [-0.25, -0.2) is 14.2 Å². The molecule has 2 aromatic rings. The summed E-state index contributed by atoms with van der Waals surface area (Å²) < 4.78 is 21.3. The van der Waals surface area contributed by atoms with Crippen molar-refractivity contribution in [2.75, 3.05) is 43.9 Å². The van der Waals surface area contributed by atoms with E-state index in [0.717, 1.165) is 25.9 Å². The highest BCUT2D eigenvalue weighted by Crippen LogP contribution is 2.48. The van der Waals surface area contributed by atoms with Crippen molar-refractivity contribution in [1.82, 2.24) is 14.8 Å². The smallest absolute Gasteiger partial charge is 0.323 e. The number of hydrogen-bond donors (Lipinski definition) is 2. The third kappa shape index (κ3) is 6.70. The molecule has 1 saturated carbocycles. The number of primary amides is 1. The van der Waals surface area contributed by atoms with Gasteiger partial charge in [0.05, 0.1) is 5.69 Å². The topological polar surface area (TPSA) is 121 Å². The summed E-state index contributed by atoms with van der Waals surface area (Å²) in [5, 5.41) is 2.80. The minimum atomic E-state index is -1.27. The van der Waals surface area contributed by atoms with Gasteiger partial charge in [-0.2, -0.15) is 0 Å². The van der Waals surface area contributed by atoms with Gasteiger partial charge in [0.15, 0.2) is 5.82 Å². The number of likely N-dealkylation sites (tertiary alicyclic amines) is 1. The number of nitrogens with one attached hydrogen (secondary N) is 1. The van der Waals surface area contributed by atoms with Crippen LogP contribution in [-0.2, 0) is 9.59 Å². The van der Waals surface area contributed by atoms with Crippen LogP contribution in [0.1, 0.15) is 46.5 Å². The number of ether oxygens (including phenoxy) is 1. The van der Waals surface area contributed by atoms with Crippen molar-refractivity contribution < 1.29 is 23.5 Å². The molecule has 1 saturated heterocycles. The number of nitrogens with two attached hydrogens (primary N) is 1. The SMILES string of the molecule is CN1CCC(N(C)C(=O)Nc2cc(Oc3ccc(N(CC(C)(C)C)C(=O)C4(C(N)=O)CC4)c(F)c3)ccn2)CC1. The van der Waals surface area contributed by atoms with Gasteiger partial charge in [-0.1, -0.05) is 20.8 Å². The van der Waals surface area contributed by atoms with Crippen LogP contribution >= 0.6 is 0 Å². The van der Waals surface area contributed by atoms with Gasteiger partial charge < -0.3 is 25.2 Å². The number of carbonyl (C=O) groups is 3. The number of halogens is 1. The van der Waals surface area contributed by atoms with Crippen molar-refractivity contribution >= 4 is 29.4 Å². The number of amides is 4. The predicted octanol–water partition coefficient (Wildman–Crippen LogP) is 4.22. The highest BCUT2D eigenvalue weighted by molar-refractivity contribution is 6.13. The van der Waals surface area contributed by atoms with Crippen molar-refractivity contribution in [3.05, 3.63) is 42.3 Å². The van der Waals surface area contributed by atoms with Crippen LogP contribution in [-0.4, -0.2) is 72.4 Å². The van der Waals surface area contributed by atoms with Crippen molar-refractivity contribution in [3.63, 3.8) is 0 Å². The molecule has 1 aliphatic carbocycles. The molecule has 1 aliphatic heterocycles. The lowest BCUT2D eigenvalue weighted by molar-refractivity contribution is -0.134. The van der Waals surface area contributed by atoms with Crippen molar-refractivity contribution in [2.45, 2.75) is 52.5 Å². The van der Waals surface area contributed by atoms with Crippen LogP contribution < -0.4 is 20.7 Å². The average Bonchev–Trinajstić information content (AvgIpc) is 3.69. The maximum Gasteiger partial charge on any atom is 0.323 e. The van der Waals surface area contributed by atoms with Gasteiger partial charge in [0.1, 0.15) is 22.7 Å². The largest absolute Gasteiger partial charge is 0.457 e. The van der Waals surface area contributed by atoms with Crippen LogP contribution in [0.4, 0.5) is 20.7 Å². The van der Waals surface area contributed by atoms with E-state index in [1.54, 1.807) is 30.1 Å². The molecule has 4 rings (SSSR count). The molecule has 1 aromatic heterocycles. The number of nitrogens with zero attached hydrogens (tertiary/aromatic N) is 4. The molecule has 0 radical (unpaired) electrons. The minimum absolute atomic E-state index is 0.0550. The first-order valence-electron chi connectivity index (χ1n) is 13.6. The first-order chi connectivity index (χ1) is 18.8. The predicted molar refractivity (Wildman–Crippen MR) is 151 cm³/mol. The zero-order chi connectivity index (χ0) is 29.2. The van der Waals surface area contributed by atoms with E-state index in [-0.39, 0.29) is 35.5 Å². The summed E-state index contributed by atoms with van der Waals surface area (Å²) in [6.45, 7) is 7.87. The Hall–Kier alpha value is -3.73. The molecule has 1 aromatic carbocycles. The summed E-state index contributed by atoms with van der Waals surface area (Å²) in [4.78, 5) is 47.6. The minimum Gasteiger partial charge on any atom is -0.457 e. The van der Waals surface area contributed by atoms with E-state index in [4.69, 9.17) is 10.5 Å². The number of benzene rings is 1. The van der Waals surface area contributed by atoms with Crippen LogP contribution in [0.15, 0.2) is 36.5 Å². The van der Waals surface area contributed by atoms with Crippen LogP contribution in [0.25, 0.3) is 0 Å². The van der Waals surface area contributed by atoms with Gasteiger partial charge in [0.2, 0.25) is 11.8 Å². The van der Waals surface area contributed by atoms with E-state index in [2.05, 4.69) is 22.2 Å². The van der Waals surface area contributed by atoms with Crippen molar-refractivity contribution in [2.24, 2.45) is 16.6 Å². The number of hydrogen-bond acceptors (Lipinski definition) is 6. The van der Waals surface area contributed by atoms with Gasteiger partial charge in [-0.3, -0.25) is 14.9 Å². The summed E-state index contributed by atoms with van der Waals surface area (Å²) in [6.07, 6.45) is 4.02. The van der Waals surface area contributed by atoms with Crippen LogP contribution in [0, 0.1) is 16.6 Å². The normalized spacial score (nSPS) is 17.1. The molecule has 2 fully saturated rings. The second kappa shape index (κ2) is 11.4. The number of rotatable bonds is 8. The Bertz CT molecular complexity index is 1270. The second-order valence-corrected chi connectivity index (χ2v) is 12.1. The maximum absolute atomic E-state index is 15.4. The molecule has 40 heavy (non-hydrogen) atoms. The summed E-state index contributed by atoms with van der Waals surface area (Å²) in [5.74, 6) is -0.975. The zero-order valence-electron chi connectivity index (χ0n) is 23.9.